The Morgan fingerprint density at radius 2 is 1.71 bits per heavy atom. The SMILES string of the molecule is C=CCOC12Oc3ccc(Oc4ccc(SC)cc4)cc3C3C(CCCCO)C(CCCCO)C=C(C(=NOC4CCCCO4)CC1N(Cc1ccc4c(c1)OCO4)C(=O)c1ccc(C#N)cc1)C32. The topological polar surface area (TPSA) is 162 Å². The van der Waals surface area contributed by atoms with Crippen LogP contribution in [0.1, 0.15) is 97.2 Å². The summed E-state index contributed by atoms with van der Waals surface area (Å²) in [6.45, 7) is 5.16. The number of amides is 1. The molecule has 0 radical (unpaired) electrons. The van der Waals surface area contributed by atoms with Crippen LogP contribution in [-0.2, 0) is 20.9 Å². The zero-order valence-electron chi connectivity index (χ0n) is 39.1. The second kappa shape index (κ2) is 22.3. The van der Waals surface area contributed by atoms with Gasteiger partial charge in [-0.05, 0) is 147 Å². The molecule has 1 amide bonds. The lowest BCUT2D eigenvalue weighted by atomic mass is 9.55. The van der Waals surface area contributed by atoms with Crippen molar-refractivity contribution < 1.29 is 48.3 Å². The van der Waals surface area contributed by atoms with Gasteiger partial charge in [-0.1, -0.05) is 36.2 Å². The van der Waals surface area contributed by atoms with Crippen molar-refractivity contribution in [2.45, 2.75) is 99.7 Å². The molecule has 4 aromatic rings. The molecule has 7 unspecified atom stereocenters. The summed E-state index contributed by atoms with van der Waals surface area (Å²) < 4.78 is 39.0. The average molecular weight is 956 g/mol. The highest BCUT2D eigenvalue weighted by Crippen LogP contribution is 2.62. The van der Waals surface area contributed by atoms with Crippen LogP contribution >= 0.6 is 11.8 Å². The van der Waals surface area contributed by atoms with Crippen LogP contribution in [0.15, 0.2) is 119 Å². The molecule has 1 saturated heterocycles. The Kier molecular flexibility index (Phi) is 15.6. The molecular weight excluding hydrogens is 895 g/mol. The predicted octanol–water partition coefficient (Wildman–Crippen LogP) is 10.3. The number of unbranched alkanes of at least 4 members (excludes halogenated alkanes) is 2. The van der Waals surface area contributed by atoms with E-state index in [0.717, 1.165) is 60.1 Å². The van der Waals surface area contributed by atoms with Gasteiger partial charge in [-0.3, -0.25) is 4.79 Å². The summed E-state index contributed by atoms with van der Waals surface area (Å²) in [5.41, 5.74) is 4.14. The monoisotopic (exact) mass is 955 g/mol. The van der Waals surface area contributed by atoms with E-state index >= 15 is 4.79 Å². The van der Waals surface area contributed by atoms with Crippen LogP contribution in [0, 0.1) is 29.1 Å². The molecule has 3 heterocycles. The first-order valence-corrected chi connectivity index (χ1v) is 25.5. The van der Waals surface area contributed by atoms with E-state index in [4.69, 9.17) is 38.4 Å². The van der Waals surface area contributed by atoms with Crippen LogP contribution in [-0.4, -0.2) is 84.3 Å². The van der Waals surface area contributed by atoms with E-state index in [2.05, 4.69) is 24.8 Å². The summed E-state index contributed by atoms with van der Waals surface area (Å²) in [6.07, 6.45) is 12.8. The van der Waals surface area contributed by atoms with Gasteiger partial charge in [0.25, 0.3) is 5.91 Å². The van der Waals surface area contributed by atoms with E-state index in [1.807, 2.05) is 65.8 Å². The fraction of sp³-hybridized carbons (Fsp3) is 0.436. The molecule has 2 fully saturated rings. The Morgan fingerprint density at radius 1 is 0.942 bits per heavy atom. The molecule has 0 bridgehead atoms. The fourth-order valence-electron chi connectivity index (χ4n) is 10.8. The second-order valence-corrected chi connectivity index (χ2v) is 19.1. The van der Waals surface area contributed by atoms with E-state index in [1.54, 1.807) is 42.1 Å². The number of nitriles is 1. The third-order valence-electron chi connectivity index (χ3n) is 14.0. The molecule has 5 aliphatic rings. The summed E-state index contributed by atoms with van der Waals surface area (Å²) in [5.74, 6) is 0.582. The normalized spacial score (nSPS) is 24.8. The average Bonchev–Trinajstić information content (AvgIpc) is 3.86. The summed E-state index contributed by atoms with van der Waals surface area (Å²) in [4.78, 5) is 24.9. The Morgan fingerprint density at radius 3 is 2.45 bits per heavy atom. The smallest absolute Gasteiger partial charge is 0.254 e. The van der Waals surface area contributed by atoms with Gasteiger partial charge in [0.05, 0.1) is 36.5 Å². The number of carbonyl (C=O) groups is 1. The zero-order valence-corrected chi connectivity index (χ0v) is 39.9. The number of aliphatic hydroxyl groups excluding tert-OH is 2. The minimum Gasteiger partial charge on any atom is -0.459 e. The minimum atomic E-state index is -1.52. The first-order valence-electron chi connectivity index (χ1n) is 24.2. The van der Waals surface area contributed by atoms with Crippen molar-refractivity contribution in [2.75, 3.05) is 39.5 Å². The number of thioether (sulfide) groups is 1. The molecule has 362 valence electrons. The highest BCUT2D eigenvalue weighted by atomic mass is 32.2. The van der Waals surface area contributed by atoms with E-state index in [0.29, 0.717) is 71.5 Å². The minimum absolute atomic E-state index is 0.00796. The lowest BCUT2D eigenvalue weighted by Gasteiger charge is -2.60. The maximum absolute atomic E-state index is 15.6. The van der Waals surface area contributed by atoms with Crippen LogP contribution in [0.4, 0.5) is 0 Å². The second-order valence-electron chi connectivity index (χ2n) is 18.3. The molecule has 13 nitrogen and oxygen atoms in total. The van der Waals surface area contributed by atoms with Crippen molar-refractivity contribution in [3.05, 3.63) is 131 Å². The number of carbonyl (C=O) groups excluding carboxylic acids is 1. The summed E-state index contributed by atoms with van der Waals surface area (Å²) in [5, 5.41) is 34.9. The predicted molar refractivity (Wildman–Crippen MR) is 262 cm³/mol. The molecule has 69 heavy (non-hydrogen) atoms. The number of oxime groups is 1. The lowest BCUT2D eigenvalue weighted by molar-refractivity contribution is -0.255. The van der Waals surface area contributed by atoms with Crippen molar-refractivity contribution in [1.29, 1.82) is 5.26 Å². The number of hydrogen-bond donors (Lipinski definition) is 2. The van der Waals surface area contributed by atoms with E-state index in [9.17, 15) is 15.5 Å². The summed E-state index contributed by atoms with van der Waals surface area (Å²) in [6, 6.07) is 27.7. The van der Waals surface area contributed by atoms with Crippen LogP contribution in [0.5, 0.6) is 28.7 Å². The third kappa shape index (κ3) is 10.4. The number of aliphatic hydroxyl groups is 2. The molecule has 1 saturated carbocycles. The maximum atomic E-state index is 15.6. The van der Waals surface area contributed by atoms with Gasteiger partial charge in [-0.25, -0.2) is 0 Å². The number of nitrogens with zero attached hydrogens (tertiary/aromatic N) is 3. The highest BCUT2D eigenvalue weighted by Gasteiger charge is 2.65. The van der Waals surface area contributed by atoms with E-state index < -0.39 is 24.0 Å². The molecule has 9 rings (SSSR count). The molecule has 0 spiro atoms. The molecule has 2 N–H and O–H groups in total. The molecular formula is C55H61N3O10S. The number of fused-ring (bicyclic) bond motifs is 3. The van der Waals surface area contributed by atoms with Crippen LogP contribution in [0.3, 0.4) is 0 Å². The van der Waals surface area contributed by atoms with E-state index in [-0.39, 0.29) is 63.2 Å². The molecule has 3 aliphatic heterocycles. The summed E-state index contributed by atoms with van der Waals surface area (Å²) >= 11 is 1.67. The van der Waals surface area contributed by atoms with Crippen molar-refractivity contribution in [3.63, 3.8) is 0 Å². The van der Waals surface area contributed by atoms with E-state index in [1.165, 1.54) is 0 Å². The van der Waals surface area contributed by atoms with Crippen molar-refractivity contribution >= 4 is 23.4 Å². The molecule has 14 heteroatoms. The lowest BCUT2D eigenvalue weighted by Crippen LogP contribution is -2.70. The quantitative estimate of drug-likeness (QED) is 0.0374. The Balaban J connectivity index is 1.26. The van der Waals surface area contributed by atoms with Crippen LogP contribution < -0.4 is 18.9 Å². The molecule has 2 aliphatic carbocycles. The van der Waals surface area contributed by atoms with Gasteiger partial charge in [-0.2, -0.15) is 5.26 Å². The fourth-order valence-corrected chi connectivity index (χ4v) is 11.2. The van der Waals surface area contributed by atoms with Crippen molar-refractivity contribution in [1.82, 2.24) is 4.90 Å². The third-order valence-corrected chi connectivity index (χ3v) is 14.8. The van der Waals surface area contributed by atoms with Gasteiger partial charge in [0.15, 0.2) is 11.5 Å². The van der Waals surface area contributed by atoms with Gasteiger partial charge in [0, 0.05) is 54.5 Å². The van der Waals surface area contributed by atoms with Gasteiger partial charge >= 0.3 is 0 Å². The number of allylic oxidation sites excluding steroid dienone is 1. The van der Waals surface area contributed by atoms with Gasteiger partial charge in [0.1, 0.15) is 23.3 Å². The Hall–Kier alpha value is -5.82. The summed E-state index contributed by atoms with van der Waals surface area (Å²) in [7, 11) is 0. The first-order chi connectivity index (χ1) is 33.9. The number of hydrogen-bond acceptors (Lipinski definition) is 13. The standard InChI is InChI=1S/C55H61N3O10S/c1-3-27-65-55-50(58(54(61)38-16-13-36(33-56)14-17-38)34-37-15-23-48-49(29-37)64-35-63-48)32-46(57-68-51-12-6-9-28-62-51)44-30-39(10-4-7-25-59)43(11-5-8-26-60)52(53(44)55)45-31-41(20-24-47(45)67-55)66-40-18-21-42(69-2)22-19-40/h3,13-24,29-31,39,43,50-53,59-60H,1,4-12,25-28,32,34-35H2,2H3. The molecule has 4 aromatic carbocycles. The van der Waals surface area contributed by atoms with Crippen LogP contribution in [0.2, 0.25) is 0 Å². The van der Waals surface area contributed by atoms with Crippen molar-refractivity contribution in [2.24, 2.45) is 22.9 Å². The number of ether oxygens (including phenoxy) is 6. The number of rotatable bonds is 20. The molecule has 7 atom stereocenters. The molecule has 0 aromatic heterocycles. The van der Waals surface area contributed by atoms with Gasteiger partial charge in [0.2, 0.25) is 18.9 Å². The largest absolute Gasteiger partial charge is 0.459 e. The Bertz CT molecular complexity index is 2540. The van der Waals surface area contributed by atoms with Gasteiger partial charge in [-0.15, -0.1) is 18.3 Å². The first kappa shape index (κ1) is 48.2. The zero-order chi connectivity index (χ0) is 47.7. The number of benzene rings is 4. The van der Waals surface area contributed by atoms with Crippen LogP contribution in [0.25, 0.3) is 0 Å². The van der Waals surface area contributed by atoms with Gasteiger partial charge < -0.3 is 48.4 Å². The highest BCUT2D eigenvalue weighted by molar-refractivity contribution is 7.98. The Labute approximate surface area is 408 Å². The maximum Gasteiger partial charge on any atom is 0.254 e. The van der Waals surface area contributed by atoms with Crippen molar-refractivity contribution in [3.8, 4) is 34.8 Å².